The van der Waals surface area contributed by atoms with E-state index in [2.05, 4.69) is 0 Å². The van der Waals surface area contributed by atoms with Crippen molar-refractivity contribution in [1.29, 1.82) is 5.41 Å². The van der Waals surface area contributed by atoms with E-state index < -0.39 is 35.0 Å². The first-order chi connectivity index (χ1) is 10.3. The number of carbonyl (C=O) groups is 2. The lowest BCUT2D eigenvalue weighted by Crippen LogP contribution is -2.32. The van der Waals surface area contributed by atoms with Crippen LogP contribution in [-0.4, -0.2) is 49.3 Å². The van der Waals surface area contributed by atoms with Gasteiger partial charge >= 0.3 is 11.9 Å². The van der Waals surface area contributed by atoms with Crippen molar-refractivity contribution < 1.29 is 28.2 Å². The normalized spacial score (nSPS) is 13.2. The van der Waals surface area contributed by atoms with Gasteiger partial charge in [-0.15, -0.1) is 11.8 Å². The van der Waals surface area contributed by atoms with Crippen molar-refractivity contribution in [3.63, 3.8) is 0 Å². The minimum Gasteiger partial charge on any atom is -0.768 e. The first-order valence-corrected chi connectivity index (χ1v) is 8.10. The van der Waals surface area contributed by atoms with Crippen LogP contribution in [0.4, 0.5) is 0 Å². The molecule has 0 saturated carbocycles. The van der Waals surface area contributed by atoms with Crippen LogP contribution >= 0.6 is 11.8 Å². The average Bonchev–Trinajstić information content (AvgIpc) is 2.46. The Kier molecular flexibility index (Phi) is 7.18. The highest BCUT2D eigenvalue weighted by Crippen LogP contribution is 2.14. The third-order valence-corrected chi connectivity index (χ3v) is 4.11. The maximum absolute atomic E-state index is 11.5. The molecule has 2 atom stereocenters. The molecule has 4 N–H and O–H groups in total. The average molecular weight is 345 g/mol. The Hall–Kier alpha value is -1.75. The van der Waals surface area contributed by atoms with Crippen LogP contribution in [0.15, 0.2) is 29.2 Å². The zero-order valence-electron chi connectivity index (χ0n) is 11.2. The molecule has 1 unspecified atom stereocenters. The molecule has 0 aromatic heterocycles. The number of hydrogen-bond acceptors (Lipinski definition) is 8. The van der Waals surface area contributed by atoms with Crippen molar-refractivity contribution in [3.05, 3.63) is 29.8 Å². The van der Waals surface area contributed by atoms with Crippen molar-refractivity contribution in [2.45, 2.75) is 10.9 Å². The zero-order chi connectivity index (χ0) is 16.7. The molecule has 0 saturated heterocycles. The van der Waals surface area contributed by atoms with Gasteiger partial charge in [-0.2, -0.15) is 0 Å². The Bertz CT molecular complexity index is 607. The zero-order valence-corrected chi connectivity index (χ0v) is 12.8. The molecule has 1 rings (SSSR count). The summed E-state index contributed by atoms with van der Waals surface area (Å²) in [4.78, 5) is 21.9. The predicted octanol–water partition coefficient (Wildman–Crippen LogP) is -0.0617. The van der Waals surface area contributed by atoms with Crippen LogP contribution in [0.3, 0.4) is 0 Å². The second kappa shape index (κ2) is 8.63. The largest absolute Gasteiger partial charge is 0.768 e. The van der Waals surface area contributed by atoms with Crippen molar-refractivity contribution in [2.24, 2.45) is 5.73 Å². The van der Waals surface area contributed by atoms with Crippen LogP contribution in [0, 0.1) is 5.41 Å². The van der Waals surface area contributed by atoms with E-state index in [1.807, 2.05) is 0 Å². The number of hydrogen-bond donors (Lipinski definition) is 3. The Balaban J connectivity index is 2.57. The van der Waals surface area contributed by atoms with Gasteiger partial charge in [0, 0.05) is 10.6 Å². The number of carbonyl (C=O) groups excluding carboxylic acids is 1. The number of rotatable bonds is 7. The summed E-state index contributed by atoms with van der Waals surface area (Å²) in [7, 11) is 0. The Morgan fingerprint density at radius 1 is 1.45 bits per heavy atom. The monoisotopic (exact) mass is 345 g/mol. The summed E-state index contributed by atoms with van der Waals surface area (Å²) in [6, 6.07) is 4.51. The molecule has 0 heterocycles. The SMILES string of the molecule is N=C(OC(=O)CSC[C@H](N)C(=O)O)c1ccccc1S(=O)[O-]. The molecule has 0 aliphatic heterocycles. The molecule has 120 valence electrons. The number of carboxylic acids is 1. The van der Waals surface area contributed by atoms with Gasteiger partial charge in [0.05, 0.1) is 11.3 Å². The number of aliphatic carboxylic acids is 1. The molecule has 8 nitrogen and oxygen atoms in total. The van der Waals surface area contributed by atoms with E-state index in [-0.39, 0.29) is 22.0 Å². The molecule has 1 aromatic rings. The fourth-order valence-corrected chi connectivity index (χ4v) is 2.61. The van der Waals surface area contributed by atoms with Gasteiger partial charge in [-0.05, 0) is 23.2 Å². The summed E-state index contributed by atoms with van der Waals surface area (Å²) in [5.41, 5.74) is 5.23. The van der Waals surface area contributed by atoms with Gasteiger partial charge in [0.2, 0.25) is 5.90 Å². The number of esters is 1. The Morgan fingerprint density at radius 2 is 2.09 bits per heavy atom. The van der Waals surface area contributed by atoms with E-state index in [4.69, 9.17) is 21.0 Å². The minimum absolute atomic E-state index is 0.0128. The van der Waals surface area contributed by atoms with Crippen molar-refractivity contribution in [3.8, 4) is 0 Å². The third kappa shape index (κ3) is 5.56. The lowest BCUT2D eigenvalue weighted by Gasteiger charge is -2.12. The molecule has 0 bridgehead atoms. The minimum atomic E-state index is -2.56. The number of nitrogens with one attached hydrogen (secondary N) is 1. The van der Waals surface area contributed by atoms with Gasteiger partial charge in [-0.3, -0.25) is 19.2 Å². The standard InChI is InChI=1S/C12H14N2O6S2/c13-8(12(16)17)5-21-6-10(15)20-11(14)7-3-1-2-4-9(7)22(18)19/h1-4,8,14H,5-6,13H2,(H,16,17)(H,18,19)/p-1/t8-/m0/s1. The third-order valence-electron chi connectivity index (χ3n) is 2.36. The topological polar surface area (TPSA) is 154 Å². The molecule has 0 aliphatic rings. The van der Waals surface area contributed by atoms with Crippen LogP contribution in [0.25, 0.3) is 0 Å². The molecular weight excluding hydrogens is 332 g/mol. The first-order valence-electron chi connectivity index (χ1n) is 5.87. The van der Waals surface area contributed by atoms with Crippen molar-refractivity contribution >= 4 is 40.7 Å². The van der Waals surface area contributed by atoms with E-state index in [0.717, 1.165) is 11.8 Å². The number of ether oxygens (including phenoxy) is 1. The van der Waals surface area contributed by atoms with Gasteiger partial charge in [0.15, 0.2) is 0 Å². The highest BCUT2D eigenvalue weighted by atomic mass is 32.2. The quantitative estimate of drug-likeness (QED) is 0.269. The fraction of sp³-hybridized carbons (Fsp3) is 0.250. The molecule has 1 aromatic carbocycles. The number of benzene rings is 1. The van der Waals surface area contributed by atoms with Gasteiger partial charge in [0.1, 0.15) is 6.04 Å². The van der Waals surface area contributed by atoms with Gasteiger partial charge in [-0.25, -0.2) is 0 Å². The van der Waals surface area contributed by atoms with E-state index in [9.17, 15) is 18.4 Å². The summed E-state index contributed by atoms with van der Waals surface area (Å²) < 4.78 is 26.8. The predicted molar refractivity (Wildman–Crippen MR) is 79.5 cm³/mol. The lowest BCUT2D eigenvalue weighted by atomic mass is 10.2. The number of nitrogens with two attached hydrogens (primary N) is 1. The summed E-state index contributed by atoms with van der Waals surface area (Å²) >= 11 is -1.62. The first kappa shape index (κ1) is 18.3. The molecule has 0 fully saturated rings. The summed E-state index contributed by atoms with van der Waals surface area (Å²) in [5, 5.41) is 16.2. The summed E-state index contributed by atoms with van der Waals surface area (Å²) in [5.74, 6) is -2.75. The van der Waals surface area contributed by atoms with Gasteiger partial charge < -0.3 is 20.1 Å². The van der Waals surface area contributed by atoms with Crippen LogP contribution in [-0.2, 0) is 25.4 Å². The van der Waals surface area contributed by atoms with Crippen LogP contribution in [0.2, 0.25) is 0 Å². The Morgan fingerprint density at radius 3 is 2.68 bits per heavy atom. The van der Waals surface area contributed by atoms with Crippen molar-refractivity contribution in [1.82, 2.24) is 0 Å². The fourth-order valence-electron chi connectivity index (χ4n) is 1.34. The van der Waals surface area contributed by atoms with E-state index >= 15 is 0 Å². The van der Waals surface area contributed by atoms with E-state index in [0.29, 0.717) is 0 Å². The highest BCUT2D eigenvalue weighted by Gasteiger charge is 2.16. The second-order valence-corrected chi connectivity index (χ2v) is 5.93. The number of carboxylic acid groups (broad SMARTS) is 1. The van der Waals surface area contributed by atoms with E-state index in [1.165, 1.54) is 24.3 Å². The molecule has 22 heavy (non-hydrogen) atoms. The lowest BCUT2D eigenvalue weighted by molar-refractivity contribution is -0.138. The number of thioether (sulfide) groups is 1. The highest BCUT2D eigenvalue weighted by molar-refractivity contribution is 8.00. The molecular formula is C12H13N2O6S2-. The smallest absolute Gasteiger partial charge is 0.322 e. The summed E-state index contributed by atoms with van der Waals surface area (Å²) in [6.45, 7) is 0. The maximum Gasteiger partial charge on any atom is 0.322 e. The van der Waals surface area contributed by atoms with Crippen LogP contribution in [0.5, 0.6) is 0 Å². The second-order valence-electron chi connectivity index (χ2n) is 3.99. The molecule has 0 aliphatic carbocycles. The van der Waals surface area contributed by atoms with Crippen LogP contribution < -0.4 is 5.73 Å². The van der Waals surface area contributed by atoms with Gasteiger partial charge in [0.25, 0.3) is 0 Å². The molecule has 10 heteroatoms. The van der Waals surface area contributed by atoms with E-state index in [1.54, 1.807) is 0 Å². The Labute approximate surface area is 132 Å². The van der Waals surface area contributed by atoms with Crippen molar-refractivity contribution in [2.75, 3.05) is 11.5 Å². The van der Waals surface area contributed by atoms with Gasteiger partial charge in [-0.1, -0.05) is 12.1 Å². The molecule has 0 amide bonds. The summed E-state index contributed by atoms with van der Waals surface area (Å²) in [6.07, 6.45) is 0. The van der Waals surface area contributed by atoms with Crippen LogP contribution in [0.1, 0.15) is 5.56 Å². The molecule has 0 spiro atoms. The molecule has 0 radical (unpaired) electrons. The maximum atomic E-state index is 11.5.